The first-order valence-corrected chi connectivity index (χ1v) is 4.38. The molecule has 0 aliphatic carbocycles. The van der Waals surface area contributed by atoms with E-state index in [0.29, 0.717) is 12.2 Å². The van der Waals surface area contributed by atoms with Gasteiger partial charge in [-0.05, 0) is 31.2 Å². The number of hydrogen-bond acceptors (Lipinski definition) is 2. The quantitative estimate of drug-likeness (QED) is 0.737. The average molecular weight is 191 g/mol. The van der Waals surface area contributed by atoms with Crippen LogP contribution in [0.3, 0.4) is 0 Å². The van der Waals surface area contributed by atoms with Crippen molar-refractivity contribution in [1.82, 2.24) is 0 Å². The molecule has 1 aromatic rings. The van der Waals surface area contributed by atoms with Crippen LogP contribution in [0.1, 0.15) is 17.3 Å². The Morgan fingerprint density at radius 2 is 2.07 bits per heavy atom. The predicted octanol–water partition coefficient (Wildman–Crippen LogP) is 1.74. The Balaban J connectivity index is 2.59. The molecule has 3 heteroatoms. The summed E-state index contributed by atoms with van der Waals surface area (Å²) in [5.74, 6) is 0.304. The average Bonchev–Trinajstić information content (AvgIpc) is 2.19. The molecule has 1 amide bonds. The Hall–Kier alpha value is -1.77. The highest BCUT2D eigenvalue weighted by atomic mass is 16.5. The highest BCUT2D eigenvalue weighted by Gasteiger charge is 1.98. The van der Waals surface area contributed by atoms with Crippen molar-refractivity contribution in [2.24, 2.45) is 5.73 Å². The molecule has 0 atom stereocenters. The highest BCUT2D eigenvalue weighted by Crippen LogP contribution is 2.11. The first kappa shape index (κ1) is 10.3. The fourth-order valence-corrected chi connectivity index (χ4v) is 0.956. The van der Waals surface area contributed by atoms with E-state index in [1.807, 2.05) is 19.1 Å². The van der Waals surface area contributed by atoms with Crippen molar-refractivity contribution in [3.63, 3.8) is 0 Å². The molecule has 0 saturated heterocycles. The maximum Gasteiger partial charge on any atom is 0.248 e. The molecule has 0 fully saturated rings. The van der Waals surface area contributed by atoms with Crippen LogP contribution >= 0.6 is 0 Å². The van der Waals surface area contributed by atoms with Gasteiger partial charge in [-0.2, -0.15) is 0 Å². The highest BCUT2D eigenvalue weighted by molar-refractivity contribution is 5.92. The standard InChI is InChI=1S/C11H13NO2/c1-2-3-8-14-10-6-4-9(5-7-10)11(12)13/h2-7H,8H2,1H3,(H2,12,13). The number of benzene rings is 1. The van der Waals surface area contributed by atoms with Crippen LogP contribution in [0.5, 0.6) is 5.75 Å². The van der Waals surface area contributed by atoms with Crippen molar-refractivity contribution in [1.29, 1.82) is 0 Å². The minimum atomic E-state index is -0.426. The third kappa shape index (κ3) is 2.94. The van der Waals surface area contributed by atoms with Crippen LogP contribution in [0.25, 0.3) is 0 Å². The molecule has 0 unspecified atom stereocenters. The molecule has 0 saturated carbocycles. The molecule has 0 spiro atoms. The molecule has 0 aromatic heterocycles. The Kier molecular flexibility index (Phi) is 3.73. The van der Waals surface area contributed by atoms with Crippen LogP contribution in [0.2, 0.25) is 0 Å². The maximum absolute atomic E-state index is 10.7. The first-order valence-electron chi connectivity index (χ1n) is 4.38. The largest absolute Gasteiger partial charge is 0.490 e. The zero-order valence-corrected chi connectivity index (χ0v) is 8.07. The minimum Gasteiger partial charge on any atom is -0.490 e. The van der Waals surface area contributed by atoms with Crippen LogP contribution in [-0.2, 0) is 0 Å². The van der Waals surface area contributed by atoms with E-state index in [4.69, 9.17) is 10.5 Å². The number of primary amides is 1. The van der Waals surface area contributed by atoms with E-state index in [9.17, 15) is 4.79 Å². The smallest absolute Gasteiger partial charge is 0.248 e. The molecule has 0 aliphatic heterocycles. The Labute approximate surface area is 83.2 Å². The van der Waals surface area contributed by atoms with Crippen molar-refractivity contribution in [2.75, 3.05) is 6.61 Å². The lowest BCUT2D eigenvalue weighted by Crippen LogP contribution is -2.10. The lowest BCUT2D eigenvalue weighted by molar-refractivity contribution is 0.100. The normalized spacial score (nSPS) is 10.4. The van der Waals surface area contributed by atoms with Gasteiger partial charge in [0, 0.05) is 5.56 Å². The van der Waals surface area contributed by atoms with Crippen molar-refractivity contribution in [3.8, 4) is 5.75 Å². The van der Waals surface area contributed by atoms with Crippen LogP contribution in [0, 0.1) is 0 Å². The van der Waals surface area contributed by atoms with Crippen LogP contribution < -0.4 is 10.5 Å². The molecule has 3 nitrogen and oxygen atoms in total. The van der Waals surface area contributed by atoms with Gasteiger partial charge in [0.15, 0.2) is 0 Å². The third-order valence-corrected chi connectivity index (χ3v) is 1.72. The number of carbonyl (C=O) groups excluding carboxylic acids is 1. The maximum atomic E-state index is 10.7. The molecule has 14 heavy (non-hydrogen) atoms. The number of rotatable bonds is 4. The lowest BCUT2D eigenvalue weighted by atomic mass is 10.2. The van der Waals surface area contributed by atoms with E-state index in [-0.39, 0.29) is 0 Å². The first-order chi connectivity index (χ1) is 6.74. The predicted molar refractivity (Wildman–Crippen MR) is 55.3 cm³/mol. The van der Waals surface area contributed by atoms with Crippen LogP contribution in [0.4, 0.5) is 0 Å². The van der Waals surface area contributed by atoms with E-state index in [2.05, 4.69) is 0 Å². The van der Waals surface area contributed by atoms with Gasteiger partial charge in [-0.1, -0.05) is 12.2 Å². The Morgan fingerprint density at radius 3 is 2.57 bits per heavy atom. The van der Waals surface area contributed by atoms with Gasteiger partial charge in [-0.3, -0.25) is 4.79 Å². The lowest BCUT2D eigenvalue weighted by Gasteiger charge is -2.02. The van der Waals surface area contributed by atoms with E-state index in [0.717, 1.165) is 5.75 Å². The summed E-state index contributed by atoms with van der Waals surface area (Å²) in [6, 6.07) is 6.74. The summed E-state index contributed by atoms with van der Waals surface area (Å²) in [4.78, 5) is 10.7. The second-order valence-corrected chi connectivity index (χ2v) is 2.77. The van der Waals surface area contributed by atoms with Crippen molar-refractivity contribution in [2.45, 2.75) is 6.92 Å². The molecule has 74 valence electrons. The summed E-state index contributed by atoms with van der Waals surface area (Å²) in [5.41, 5.74) is 5.58. The molecule has 0 heterocycles. The number of carbonyl (C=O) groups is 1. The molecule has 0 aliphatic rings. The molecule has 1 aromatic carbocycles. The Bertz CT molecular complexity index is 328. The molecule has 0 radical (unpaired) electrons. The fraction of sp³-hybridized carbons (Fsp3) is 0.182. The zero-order valence-electron chi connectivity index (χ0n) is 8.07. The zero-order chi connectivity index (χ0) is 10.4. The summed E-state index contributed by atoms with van der Waals surface area (Å²) in [7, 11) is 0. The number of ether oxygens (including phenoxy) is 1. The van der Waals surface area contributed by atoms with E-state index < -0.39 is 5.91 Å². The Morgan fingerprint density at radius 1 is 1.43 bits per heavy atom. The summed E-state index contributed by atoms with van der Waals surface area (Å²) in [6.45, 7) is 2.46. The molecular formula is C11H13NO2. The topological polar surface area (TPSA) is 52.3 Å². The second kappa shape index (κ2) is 5.07. The van der Waals surface area contributed by atoms with Gasteiger partial charge in [0.05, 0.1) is 0 Å². The van der Waals surface area contributed by atoms with E-state index >= 15 is 0 Å². The molecule has 1 rings (SSSR count). The van der Waals surface area contributed by atoms with Gasteiger partial charge in [0.25, 0.3) is 0 Å². The monoisotopic (exact) mass is 191 g/mol. The van der Waals surface area contributed by atoms with Crippen molar-refractivity contribution >= 4 is 5.91 Å². The molecular weight excluding hydrogens is 178 g/mol. The van der Waals surface area contributed by atoms with Gasteiger partial charge in [0.2, 0.25) is 5.91 Å². The number of hydrogen-bond donors (Lipinski definition) is 1. The van der Waals surface area contributed by atoms with Gasteiger partial charge >= 0.3 is 0 Å². The van der Waals surface area contributed by atoms with Gasteiger partial charge in [0.1, 0.15) is 12.4 Å². The number of allylic oxidation sites excluding steroid dienone is 1. The SMILES string of the molecule is CC=CCOc1ccc(C(N)=O)cc1. The third-order valence-electron chi connectivity index (χ3n) is 1.72. The van der Waals surface area contributed by atoms with Crippen LogP contribution in [-0.4, -0.2) is 12.5 Å². The molecule has 0 bridgehead atoms. The fourth-order valence-electron chi connectivity index (χ4n) is 0.956. The number of amides is 1. The summed E-state index contributed by atoms with van der Waals surface area (Å²) in [6.07, 6.45) is 3.82. The van der Waals surface area contributed by atoms with Crippen molar-refractivity contribution < 1.29 is 9.53 Å². The summed E-state index contributed by atoms with van der Waals surface area (Å²) in [5, 5.41) is 0. The van der Waals surface area contributed by atoms with E-state index in [1.54, 1.807) is 24.3 Å². The summed E-state index contributed by atoms with van der Waals surface area (Å²) < 4.78 is 5.34. The summed E-state index contributed by atoms with van der Waals surface area (Å²) >= 11 is 0. The minimum absolute atomic E-state index is 0.426. The van der Waals surface area contributed by atoms with E-state index in [1.165, 1.54) is 0 Å². The molecule has 2 N–H and O–H groups in total. The van der Waals surface area contributed by atoms with Gasteiger partial charge < -0.3 is 10.5 Å². The van der Waals surface area contributed by atoms with Crippen molar-refractivity contribution in [3.05, 3.63) is 42.0 Å². The number of nitrogens with two attached hydrogens (primary N) is 1. The van der Waals surface area contributed by atoms with Gasteiger partial charge in [-0.25, -0.2) is 0 Å². The van der Waals surface area contributed by atoms with Crippen LogP contribution in [0.15, 0.2) is 36.4 Å². The van der Waals surface area contributed by atoms with Gasteiger partial charge in [-0.15, -0.1) is 0 Å². The second-order valence-electron chi connectivity index (χ2n) is 2.77.